The summed E-state index contributed by atoms with van der Waals surface area (Å²) < 4.78 is 13.1. The number of aromatic amines is 1. The van der Waals surface area contributed by atoms with E-state index in [9.17, 15) is 30.3 Å². The Morgan fingerprint density at radius 1 is 1.09 bits per heavy atom. The number of carbonyl (C=O) groups excluding carboxylic acids is 1. The molecule has 2 fully saturated rings. The monoisotopic (exact) mass is 609 g/mol. The fourth-order valence-corrected chi connectivity index (χ4v) is 5.01. The molecule has 1 amide bonds. The van der Waals surface area contributed by atoms with E-state index in [-0.39, 0.29) is 41.9 Å². The van der Waals surface area contributed by atoms with Crippen LogP contribution < -0.4 is 9.64 Å². The number of ether oxygens (including phenoxy) is 2. The number of H-pyrrole nitrogens is 1. The summed E-state index contributed by atoms with van der Waals surface area (Å²) in [6.07, 6.45) is 10.8. The Morgan fingerprint density at radius 3 is 2.45 bits per heavy atom. The second-order valence-electron chi connectivity index (χ2n) is 11.0. The van der Waals surface area contributed by atoms with Crippen molar-refractivity contribution in [2.24, 2.45) is 7.05 Å². The number of aromatic hydroxyl groups is 1. The van der Waals surface area contributed by atoms with Crippen LogP contribution in [0.3, 0.4) is 0 Å². The number of nitrogens with one attached hydrogen (secondary N) is 1. The lowest BCUT2D eigenvalue weighted by molar-refractivity contribution is -0.323. The SMILES string of the molecule is Cn1cc(-c2cnc(N(C(=O)OCC3(O)CC3)[C@H]3CC[C@H](Oc4ncc(C(O)(O)O)c(-c5n[nH]cc5O)n4)CC3)cn2)cn1. The van der Waals surface area contributed by atoms with Gasteiger partial charge in [-0.3, -0.25) is 19.7 Å². The van der Waals surface area contributed by atoms with Gasteiger partial charge >= 0.3 is 18.1 Å². The Labute approximate surface area is 249 Å². The van der Waals surface area contributed by atoms with Crippen LogP contribution in [0.1, 0.15) is 44.1 Å². The molecule has 4 aromatic rings. The molecule has 0 unspecified atom stereocenters. The van der Waals surface area contributed by atoms with Gasteiger partial charge in [0.1, 0.15) is 18.4 Å². The molecule has 2 aliphatic carbocycles. The summed E-state index contributed by atoms with van der Waals surface area (Å²) in [5.41, 5.74) is -0.498. The average molecular weight is 610 g/mol. The van der Waals surface area contributed by atoms with E-state index < -0.39 is 23.2 Å². The molecular weight excluding hydrogens is 578 g/mol. The van der Waals surface area contributed by atoms with Gasteiger partial charge in [0.15, 0.2) is 17.3 Å². The Kier molecular flexibility index (Phi) is 7.62. The molecule has 2 saturated carbocycles. The van der Waals surface area contributed by atoms with Crippen LogP contribution in [0.4, 0.5) is 10.6 Å². The van der Waals surface area contributed by atoms with E-state index in [2.05, 4.69) is 35.2 Å². The van der Waals surface area contributed by atoms with Gasteiger partial charge < -0.3 is 35.0 Å². The average Bonchev–Trinajstić information content (AvgIpc) is 3.33. The Bertz CT molecular complexity index is 1620. The van der Waals surface area contributed by atoms with Crippen molar-refractivity contribution in [1.82, 2.24) is 39.9 Å². The molecule has 4 aromatic heterocycles. The van der Waals surface area contributed by atoms with Gasteiger partial charge in [-0.05, 0) is 38.5 Å². The van der Waals surface area contributed by atoms with Crippen LogP contribution in [0.5, 0.6) is 11.8 Å². The number of rotatable bonds is 9. The van der Waals surface area contributed by atoms with Gasteiger partial charge in [-0.15, -0.1) is 0 Å². The summed E-state index contributed by atoms with van der Waals surface area (Å²) >= 11 is 0. The lowest BCUT2D eigenvalue weighted by Gasteiger charge is -2.35. The third-order valence-corrected chi connectivity index (χ3v) is 7.63. The first-order valence-electron chi connectivity index (χ1n) is 13.9. The number of nitrogens with zero attached hydrogens (tertiary/aromatic N) is 8. The van der Waals surface area contributed by atoms with Gasteiger partial charge in [0, 0.05) is 31.0 Å². The smallest absolute Gasteiger partial charge is 0.415 e. The Hall–Kier alpha value is -4.71. The molecule has 0 spiro atoms. The highest BCUT2D eigenvalue weighted by molar-refractivity contribution is 5.87. The number of aliphatic hydroxyl groups is 4. The minimum atomic E-state index is -3.29. The lowest BCUT2D eigenvalue weighted by Crippen LogP contribution is -2.45. The maximum Gasteiger partial charge on any atom is 0.415 e. The standard InChI is InChI=1S/C27H31N9O8/c1-35-13-15(8-32-35)19-10-29-21(12-28-19)36(25(38)43-14-26(39)6-7-26)16-2-4-17(5-3-16)44-24-30-9-18(27(40,41)42)22(33-24)23-20(37)11-31-34-23/h8-13,16-17,37,39-42H,2-7,14H2,1H3,(H,31,34)/t16-,17-. The van der Waals surface area contributed by atoms with Gasteiger partial charge in [-0.2, -0.15) is 15.2 Å². The summed E-state index contributed by atoms with van der Waals surface area (Å²) in [5.74, 6) is -3.32. The van der Waals surface area contributed by atoms with E-state index in [0.717, 1.165) is 18.0 Å². The van der Waals surface area contributed by atoms with Gasteiger partial charge in [0.05, 0.1) is 41.6 Å². The number of aryl methyl sites for hydroxylation is 1. The predicted octanol–water partition coefficient (Wildman–Crippen LogP) is 0.708. The van der Waals surface area contributed by atoms with E-state index >= 15 is 0 Å². The Morgan fingerprint density at radius 2 is 1.86 bits per heavy atom. The van der Waals surface area contributed by atoms with E-state index in [0.29, 0.717) is 50.0 Å². The summed E-state index contributed by atoms with van der Waals surface area (Å²) in [6, 6.07) is -0.446. The van der Waals surface area contributed by atoms with Crippen molar-refractivity contribution in [3.8, 4) is 34.4 Å². The fourth-order valence-electron chi connectivity index (χ4n) is 5.01. The number of amides is 1. The molecule has 17 heteroatoms. The van der Waals surface area contributed by atoms with Crippen LogP contribution in [0.25, 0.3) is 22.6 Å². The van der Waals surface area contributed by atoms with Crippen molar-refractivity contribution in [1.29, 1.82) is 0 Å². The Balaban J connectivity index is 1.17. The quantitative estimate of drug-likeness (QED) is 0.143. The highest BCUT2D eigenvalue weighted by Gasteiger charge is 2.43. The lowest BCUT2D eigenvalue weighted by atomic mass is 9.92. The molecular formula is C27H31N9O8. The zero-order chi connectivity index (χ0) is 31.1. The summed E-state index contributed by atoms with van der Waals surface area (Å²) in [5, 5.41) is 60.0. The highest BCUT2D eigenvalue weighted by atomic mass is 16.7. The van der Waals surface area contributed by atoms with Crippen LogP contribution in [-0.4, -0.2) is 95.9 Å². The largest absolute Gasteiger partial charge is 0.504 e. The molecule has 17 nitrogen and oxygen atoms in total. The van der Waals surface area contributed by atoms with Gasteiger partial charge in [0.2, 0.25) is 0 Å². The molecule has 232 valence electrons. The van der Waals surface area contributed by atoms with Crippen LogP contribution in [-0.2, 0) is 17.8 Å². The van der Waals surface area contributed by atoms with Crippen molar-refractivity contribution in [3.63, 3.8) is 0 Å². The molecule has 0 bridgehead atoms. The highest BCUT2D eigenvalue weighted by Crippen LogP contribution is 2.36. The van der Waals surface area contributed by atoms with Crippen molar-refractivity contribution in [3.05, 3.63) is 42.7 Å². The molecule has 0 saturated heterocycles. The van der Waals surface area contributed by atoms with Gasteiger partial charge in [0.25, 0.3) is 0 Å². The van der Waals surface area contributed by atoms with Crippen LogP contribution in [0, 0.1) is 0 Å². The molecule has 0 atom stereocenters. The van der Waals surface area contributed by atoms with E-state index in [4.69, 9.17) is 9.47 Å². The van der Waals surface area contributed by atoms with Crippen molar-refractivity contribution in [2.75, 3.05) is 11.5 Å². The number of hydrogen-bond acceptors (Lipinski definition) is 14. The van der Waals surface area contributed by atoms with Crippen LogP contribution in [0.15, 0.2) is 37.2 Å². The van der Waals surface area contributed by atoms with Gasteiger partial charge in [-0.25, -0.2) is 14.8 Å². The van der Waals surface area contributed by atoms with Crippen LogP contribution in [0.2, 0.25) is 0 Å². The number of hydrogen-bond donors (Lipinski definition) is 6. The second-order valence-corrected chi connectivity index (χ2v) is 11.0. The van der Waals surface area contributed by atoms with E-state index in [1.807, 2.05) is 0 Å². The maximum absolute atomic E-state index is 13.3. The third-order valence-electron chi connectivity index (χ3n) is 7.63. The minimum Gasteiger partial charge on any atom is -0.504 e. The van der Waals surface area contributed by atoms with E-state index in [1.54, 1.807) is 30.3 Å². The molecule has 4 heterocycles. The fraction of sp³-hybridized carbons (Fsp3) is 0.444. The zero-order valence-electron chi connectivity index (χ0n) is 23.6. The molecule has 44 heavy (non-hydrogen) atoms. The topological polar surface area (TPSA) is 238 Å². The molecule has 6 rings (SSSR count). The van der Waals surface area contributed by atoms with Crippen LogP contribution >= 0.6 is 0 Å². The van der Waals surface area contributed by atoms with Crippen molar-refractivity contribution in [2.45, 2.75) is 62.2 Å². The molecule has 6 N–H and O–H groups in total. The number of carbonyl (C=O) groups is 1. The van der Waals surface area contributed by atoms with Gasteiger partial charge in [-0.1, -0.05) is 0 Å². The van der Waals surface area contributed by atoms with Crippen molar-refractivity contribution >= 4 is 11.9 Å². The molecule has 0 aromatic carbocycles. The van der Waals surface area contributed by atoms with E-state index in [1.165, 1.54) is 11.1 Å². The van der Waals surface area contributed by atoms with Crippen molar-refractivity contribution < 1.29 is 39.8 Å². The summed E-state index contributed by atoms with van der Waals surface area (Å²) in [4.78, 5) is 31.9. The molecule has 0 radical (unpaired) electrons. The summed E-state index contributed by atoms with van der Waals surface area (Å²) in [6.45, 7) is -0.111. The number of anilines is 1. The maximum atomic E-state index is 13.3. The zero-order valence-corrected chi connectivity index (χ0v) is 23.6. The first kappa shape index (κ1) is 29.4. The summed E-state index contributed by atoms with van der Waals surface area (Å²) in [7, 11) is 1.80. The normalized spacial score (nSPS) is 19.4. The molecule has 2 aliphatic rings. The third kappa shape index (κ3) is 6.30. The molecule has 0 aliphatic heterocycles. The first-order chi connectivity index (χ1) is 21.0. The number of aromatic nitrogens is 8. The predicted molar refractivity (Wildman–Crippen MR) is 149 cm³/mol. The second kappa shape index (κ2) is 11.4. The first-order valence-corrected chi connectivity index (χ1v) is 13.9. The minimum absolute atomic E-state index is 0.111.